The number of carbonyl (C=O) groups is 2. The van der Waals surface area contributed by atoms with Crippen molar-refractivity contribution in [1.82, 2.24) is 9.88 Å². The number of hydrogen-bond acceptors (Lipinski definition) is 5. The van der Waals surface area contributed by atoms with E-state index in [1.807, 2.05) is 30.3 Å². The molecule has 1 fully saturated rings. The maximum atomic E-state index is 12.2. The molecule has 1 N–H and O–H groups in total. The highest BCUT2D eigenvalue weighted by Crippen LogP contribution is 2.39. The highest BCUT2D eigenvalue weighted by molar-refractivity contribution is 9.10. The van der Waals surface area contributed by atoms with E-state index in [-0.39, 0.29) is 19.7 Å². The van der Waals surface area contributed by atoms with E-state index < -0.39 is 24.3 Å². The molecule has 0 radical (unpaired) electrons. The Hall–Kier alpha value is -2.45. The summed E-state index contributed by atoms with van der Waals surface area (Å²) in [4.78, 5) is 28.7. The molecule has 26 heavy (non-hydrogen) atoms. The van der Waals surface area contributed by atoms with E-state index in [0.717, 1.165) is 11.1 Å². The van der Waals surface area contributed by atoms with Crippen LogP contribution in [0, 0.1) is 0 Å². The zero-order valence-corrected chi connectivity index (χ0v) is 15.4. The lowest BCUT2D eigenvalue weighted by Gasteiger charge is -2.49. The molecule has 0 spiro atoms. The summed E-state index contributed by atoms with van der Waals surface area (Å²) in [5.74, 6) is -1.07. The van der Waals surface area contributed by atoms with Crippen LogP contribution in [-0.2, 0) is 26.5 Å². The second-order valence-electron chi connectivity index (χ2n) is 5.93. The van der Waals surface area contributed by atoms with Crippen molar-refractivity contribution in [2.75, 3.05) is 19.7 Å². The molecule has 0 aliphatic carbocycles. The van der Waals surface area contributed by atoms with Crippen LogP contribution in [0.1, 0.15) is 11.1 Å². The summed E-state index contributed by atoms with van der Waals surface area (Å²) in [5.41, 5.74) is 0.749. The number of nitrogens with zero attached hydrogens (tertiary/aromatic N) is 2. The van der Waals surface area contributed by atoms with Crippen molar-refractivity contribution in [3.63, 3.8) is 0 Å². The maximum absolute atomic E-state index is 12.2. The van der Waals surface area contributed by atoms with Gasteiger partial charge >= 0.3 is 12.1 Å². The summed E-state index contributed by atoms with van der Waals surface area (Å²) in [6.07, 6.45) is 2.74. The standard InChI is InChI=1S/C18H17BrN2O5/c19-15-8-20-7-6-14(15)18(26-10-16(22)23)11-21(12-18)17(24)25-9-13-4-2-1-3-5-13/h1-8H,9-12H2,(H,22,23). The van der Waals surface area contributed by atoms with Crippen LogP contribution < -0.4 is 0 Å². The molecular weight excluding hydrogens is 404 g/mol. The van der Waals surface area contributed by atoms with Crippen LogP contribution >= 0.6 is 15.9 Å². The van der Waals surface area contributed by atoms with Crippen molar-refractivity contribution in [3.05, 3.63) is 64.4 Å². The number of carboxylic acid groups (broad SMARTS) is 1. The molecule has 1 amide bonds. The number of aromatic nitrogens is 1. The van der Waals surface area contributed by atoms with Crippen molar-refractivity contribution in [2.24, 2.45) is 0 Å². The minimum Gasteiger partial charge on any atom is -0.480 e. The van der Waals surface area contributed by atoms with Gasteiger partial charge in [-0.1, -0.05) is 30.3 Å². The predicted octanol–water partition coefficient (Wildman–Crippen LogP) is 2.79. The number of carboxylic acids is 1. The highest BCUT2D eigenvalue weighted by Gasteiger charge is 2.49. The van der Waals surface area contributed by atoms with Crippen molar-refractivity contribution in [1.29, 1.82) is 0 Å². The Labute approximate surface area is 158 Å². The number of pyridine rings is 1. The van der Waals surface area contributed by atoms with Crippen LogP contribution in [0.4, 0.5) is 4.79 Å². The third-order valence-corrected chi connectivity index (χ3v) is 4.72. The highest BCUT2D eigenvalue weighted by atomic mass is 79.9. The third kappa shape index (κ3) is 4.03. The van der Waals surface area contributed by atoms with Crippen molar-refractivity contribution in [3.8, 4) is 0 Å². The molecule has 1 aromatic carbocycles. The molecule has 0 saturated carbocycles. The molecule has 7 nitrogen and oxygen atoms in total. The smallest absolute Gasteiger partial charge is 0.410 e. The summed E-state index contributed by atoms with van der Waals surface area (Å²) in [5, 5.41) is 8.94. The summed E-state index contributed by atoms with van der Waals surface area (Å²) < 4.78 is 11.6. The summed E-state index contributed by atoms with van der Waals surface area (Å²) >= 11 is 3.41. The Morgan fingerprint density at radius 3 is 2.62 bits per heavy atom. The van der Waals surface area contributed by atoms with Crippen molar-refractivity contribution >= 4 is 28.0 Å². The topological polar surface area (TPSA) is 89.0 Å². The molecule has 3 rings (SSSR count). The van der Waals surface area contributed by atoms with Crippen LogP contribution in [0.5, 0.6) is 0 Å². The second-order valence-corrected chi connectivity index (χ2v) is 6.78. The van der Waals surface area contributed by atoms with Gasteiger partial charge in [0.1, 0.15) is 18.8 Å². The van der Waals surface area contributed by atoms with Gasteiger partial charge in [0.15, 0.2) is 0 Å². The maximum Gasteiger partial charge on any atom is 0.410 e. The zero-order valence-electron chi connectivity index (χ0n) is 13.8. The van der Waals surface area contributed by atoms with E-state index in [0.29, 0.717) is 4.47 Å². The fourth-order valence-corrected chi connectivity index (χ4v) is 3.41. The minimum atomic E-state index is -1.07. The Morgan fingerprint density at radius 2 is 1.96 bits per heavy atom. The Morgan fingerprint density at radius 1 is 1.23 bits per heavy atom. The second kappa shape index (κ2) is 7.84. The first-order valence-corrected chi connectivity index (χ1v) is 8.71. The monoisotopic (exact) mass is 420 g/mol. The lowest BCUT2D eigenvalue weighted by Crippen LogP contribution is -2.63. The van der Waals surface area contributed by atoms with Gasteiger partial charge in [-0.25, -0.2) is 9.59 Å². The zero-order chi connectivity index (χ0) is 18.6. The summed E-state index contributed by atoms with van der Waals surface area (Å²) in [6, 6.07) is 11.1. The number of amides is 1. The quantitative estimate of drug-likeness (QED) is 0.772. The Bertz CT molecular complexity index is 793. The van der Waals surface area contributed by atoms with Gasteiger partial charge in [0.05, 0.1) is 13.1 Å². The van der Waals surface area contributed by atoms with E-state index in [2.05, 4.69) is 20.9 Å². The number of ether oxygens (including phenoxy) is 2. The van der Waals surface area contributed by atoms with Gasteiger partial charge in [-0.15, -0.1) is 0 Å². The molecule has 1 saturated heterocycles. The van der Waals surface area contributed by atoms with E-state index in [9.17, 15) is 9.59 Å². The van der Waals surface area contributed by atoms with Gasteiger partial charge in [-0.05, 0) is 27.6 Å². The third-order valence-electron chi connectivity index (χ3n) is 4.09. The normalized spacial score (nSPS) is 15.2. The SMILES string of the molecule is O=C(O)COC1(c2ccncc2Br)CN(C(=O)OCc2ccccc2)C1. The van der Waals surface area contributed by atoms with Crippen LogP contribution in [0.15, 0.2) is 53.3 Å². The first-order chi connectivity index (χ1) is 12.5. The van der Waals surface area contributed by atoms with Crippen LogP contribution in [-0.4, -0.2) is 46.7 Å². The molecule has 0 bridgehead atoms. The molecule has 8 heteroatoms. The number of likely N-dealkylation sites (tertiary alicyclic amines) is 1. The largest absolute Gasteiger partial charge is 0.480 e. The Balaban J connectivity index is 1.65. The predicted molar refractivity (Wildman–Crippen MR) is 95.4 cm³/mol. The van der Waals surface area contributed by atoms with Gasteiger partial charge in [0, 0.05) is 22.4 Å². The molecule has 2 aromatic rings. The van der Waals surface area contributed by atoms with Crippen LogP contribution in [0.2, 0.25) is 0 Å². The Kier molecular flexibility index (Phi) is 5.53. The van der Waals surface area contributed by atoms with Gasteiger partial charge < -0.3 is 19.5 Å². The van der Waals surface area contributed by atoms with Crippen LogP contribution in [0.25, 0.3) is 0 Å². The van der Waals surface area contributed by atoms with E-state index >= 15 is 0 Å². The fraction of sp³-hybridized carbons (Fsp3) is 0.278. The number of aliphatic carboxylic acids is 1. The molecule has 1 aromatic heterocycles. The molecule has 0 unspecified atom stereocenters. The van der Waals surface area contributed by atoms with Gasteiger partial charge in [0.25, 0.3) is 0 Å². The lowest BCUT2D eigenvalue weighted by atomic mass is 9.86. The molecular formula is C18H17BrN2O5. The van der Waals surface area contributed by atoms with Crippen LogP contribution in [0.3, 0.4) is 0 Å². The van der Waals surface area contributed by atoms with E-state index in [4.69, 9.17) is 14.6 Å². The molecule has 1 aliphatic heterocycles. The summed E-state index contributed by atoms with van der Waals surface area (Å²) in [6.45, 7) is 0.132. The molecule has 136 valence electrons. The first-order valence-electron chi connectivity index (χ1n) is 7.91. The first kappa shape index (κ1) is 18.3. The number of halogens is 1. The molecule has 1 aliphatic rings. The van der Waals surface area contributed by atoms with Gasteiger partial charge in [-0.3, -0.25) is 4.98 Å². The minimum absolute atomic E-state index is 0.179. The molecule has 2 heterocycles. The number of hydrogen-bond donors (Lipinski definition) is 1. The molecule has 0 atom stereocenters. The number of rotatable bonds is 6. The summed E-state index contributed by atoms with van der Waals surface area (Å²) in [7, 11) is 0. The van der Waals surface area contributed by atoms with E-state index in [1.165, 1.54) is 4.90 Å². The number of carbonyl (C=O) groups excluding carboxylic acids is 1. The van der Waals surface area contributed by atoms with Gasteiger partial charge in [-0.2, -0.15) is 0 Å². The van der Waals surface area contributed by atoms with Gasteiger partial charge in [0.2, 0.25) is 0 Å². The average Bonchev–Trinajstić information content (AvgIpc) is 2.61. The fourth-order valence-electron chi connectivity index (χ4n) is 2.79. The van der Waals surface area contributed by atoms with Crippen molar-refractivity contribution < 1.29 is 24.2 Å². The average molecular weight is 421 g/mol. The lowest BCUT2D eigenvalue weighted by molar-refractivity contribution is -0.169. The number of benzene rings is 1. The van der Waals surface area contributed by atoms with Crippen molar-refractivity contribution in [2.45, 2.75) is 12.2 Å². The van der Waals surface area contributed by atoms with E-state index in [1.54, 1.807) is 18.5 Å².